The lowest BCUT2D eigenvalue weighted by atomic mass is 10.0. The fraction of sp³-hybridized carbons (Fsp3) is 0.333. The number of nitrogens with one attached hydrogen (secondary N) is 1. The predicted octanol–water partition coefficient (Wildman–Crippen LogP) is 3.49. The first-order valence-electron chi connectivity index (χ1n) is 9.38. The first-order valence-corrected chi connectivity index (χ1v) is 11.3. The molecule has 1 aromatic heterocycles. The van der Waals surface area contributed by atoms with Gasteiger partial charge in [-0.25, -0.2) is 13.4 Å². The van der Waals surface area contributed by atoms with Crippen molar-refractivity contribution in [3.63, 3.8) is 0 Å². The normalized spacial score (nSPS) is 13.5. The van der Waals surface area contributed by atoms with Gasteiger partial charge in [0.15, 0.2) is 9.84 Å². The third kappa shape index (κ3) is 7.18. The number of sulfone groups is 1. The summed E-state index contributed by atoms with van der Waals surface area (Å²) in [6.45, 7) is 3.71. The third-order valence-electron chi connectivity index (χ3n) is 4.28. The van der Waals surface area contributed by atoms with Crippen molar-refractivity contribution in [3.8, 4) is 0 Å². The molecule has 31 heavy (non-hydrogen) atoms. The van der Waals surface area contributed by atoms with Gasteiger partial charge in [-0.2, -0.15) is 13.2 Å². The molecule has 3 N–H and O–H groups in total. The van der Waals surface area contributed by atoms with E-state index in [1.807, 2.05) is 13.8 Å². The van der Waals surface area contributed by atoms with Crippen LogP contribution in [0.25, 0.3) is 6.08 Å². The second-order valence-corrected chi connectivity index (χ2v) is 9.50. The minimum atomic E-state index is -4.55. The number of hydrogen-bond acceptors (Lipinski definition) is 5. The monoisotopic (exact) mass is 455 g/mol. The van der Waals surface area contributed by atoms with Crippen LogP contribution in [0.4, 0.5) is 13.2 Å². The van der Waals surface area contributed by atoms with E-state index in [4.69, 9.17) is 5.73 Å². The summed E-state index contributed by atoms with van der Waals surface area (Å²) in [7, 11) is -3.35. The average molecular weight is 456 g/mol. The Morgan fingerprint density at radius 2 is 1.77 bits per heavy atom. The molecule has 0 fully saturated rings. The lowest BCUT2D eigenvalue weighted by Gasteiger charge is -2.14. The number of nitrogens with two attached hydrogens (primary N) is 1. The Morgan fingerprint density at radius 1 is 1.16 bits per heavy atom. The van der Waals surface area contributed by atoms with E-state index in [0.717, 1.165) is 12.3 Å². The summed E-state index contributed by atoms with van der Waals surface area (Å²) in [5.41, 5.74) is 6.09. The zero-order valence-electron chi connectivity index (χ0n) is 17.3. The molecule has 6 nitrogen and oxygen atoms in total. The Balaban J connectivity index is 2.15. The highest BCUT2D eigenvalue weighted by molar-refractivity contribution is 7.90. The molecule has 1 heterocycles. The van der Waals surface area contributed by atoms with Crippen LogP contribution >= 0.6 is 0 Å². The number of benzene rings is 1. The summed E-state index contributed by atoms with van der Waals surface area (Å²) in [4.78, 5) is 16.1. The van der Waals surface area contributed by atoms with E-state index in [2.05, 4.69) is 10.3 Å². The molecule has 1 aromatic carbocycles. The van der Waals surface area contributed by atoms with Gasteiger partial charge in [0, 0.05) is 18.0 Å². The molecule has 0 aliphatic heterocycles. The minimum Gasteiger partial charge on any atom is -0.333 e. The Hall–Kier alpha value is -2.72. The second kappa shape index (κ2) is 9.61. The van der Waals surface area contributed by atoms with Gasteiger partial charge in [0.1, 0.15) is 11.9 Å². The maximum atomic E-state index is 13.0. The minimum absolute atomic E-state index is 0.0697. The smallest absolute Gasteiger partial charge is 0.333 e. The Morgan fingerprint density at radius 3 is 2.29 bits per heavy atom. The molecule has 10 heteroatoms. The van der Waals surface area contributed by atoms with Crippen molar-refractivity contribution in [2.24, 2.45) is 11.7 Å². The molecule has 1 unspecified atom stereocenters. The van der Waals surface area contributed by atoms with Crippen LogP contribution in [0, 0.1) is 5.92 Å². The molecule has 2 rings (SSSR count). The molecule has 0 spiro atoms. The Bertz CT molecular complexity index is 1060. The zero-order valence-corrected chi connectivity index (χ0v) is 18.1. The van der Waals surface area contributed by atoms with E-state index in [-0.39, 0.29) is 16.5 Å². The van der Waals surface area contributed by atoms with Crippen molar-refractivity contribution < 1.29 is 26.4 Å². The van der Waals surface area contributed by atoms with Crippen molar-refractivity contribution >= 4 is 21.8 Å². The Kier molecular flexibility index (Phi) is 7.61. The Labute approximate surface area is 179 Å². The van der Waals surface area contributed by atoms with Gasteiger partial charge in [0.2, 0.25) is 5.91 Å². The van der Waals surface area contributed by atoms with Crippen molar-refractivity contribution in [1.82, 2.24) is 10.3 Å². The largest absolute Gasteiger partial charge is 0.433 e. The molecule has 0 aliphatic rings. The number of carbonyl (C=O) groups is 1. The molecule has 2 aromatic rings. The molecule has 168 valence electrons. The van der Waals surface area contributed by atoms with Gasteiger partial charge in [-0.3, -0.25) is 4.79 Å². The summed E-state index contributed by atoms with van der Waals surface area (Å²) < 4.78 is 61.9. The SMILES string of the molecule is CC(C)Cc1nc(C(F)(F)F)ccc1C=CC(=O)NC(N)c1ccc(S(C)(=O)=O)cc1. The van der Waals surface area contributed by atoms with Crippen LogP contribution in [-0.4, -0.2) is 25.6 Å². The number of aromatic nitrogens is 1. The van der Waals surface area contributed by atoms with Crippen molar-refractivity contribution in [1.29, 1.82) is 0 Å². The van der Waals surface area contributed by atoms with E-state index >= 15 is 0 Å². The van der Waals surface area contributed by atoms with E-state index in [0.29, 0.717) is 17.5 Å². The molecule has 0 radical (unpaired) electrons. The standard InChI is InChI=1S/C21H24F3N3O3S/c1-13(2)12-17-14(6-10-18(26-17)21(22,23)24)7-11-19(28)27-20(25)15-4-8-16(9-5-15)31(3,29)30/h4-11,13,20H,12,25H2,1-3H3,(H,27,28). The lowest BCUT2D eigenvalue weighted by molar-refractivity contribution is -0.141. The van der Waals surface area contributed by atoms with Crippen molar-refractivity contribution in [2.75, 3.05) is 6.26 Å². The molecule has 0 bridgehead atoms. The number of halogens is 3. The molecule has 1 atom stereocenters. The van der Waals surface area contributed by atoms with Gasteiger partial charge in [0.25, 0.3) is 0 Å². The number of nitrogens with zero attached hydrogens (tertiary/aromatic N) is 1. The van der Waals surface area contributed by atoms with Gasteiger partial charge in [-0.1, -0.05) is 32.0 Å². The molecule has 1 amide bonds. The summed E-state index contributed by atoms with van der Waals surface area (Å²) in [5, 5.41) is 2.52. The first kappa shape index (κ1) is 24.5. The number of hydrogen-bond donors (Lipinski definition) is 2. The van der Waals surface area contributed by atoms with Crippen LogP contribution in [0.5, 0.6) is 0 Å². The number of alkyl halides is 3. The zero-order chi connectivity index (χ0) is 23.4. The number of rotatable bonds is 7. The van der Waals surface area contributed by atoms with Crippen LogP contribution in [-0.2, 0) is 27.2 Å². The summed E-state index contributed by atoms with van der Waals surface area (Å²) in [5.74, 6) is -0.490. The van der Waals surface area contributed by atoms with E-state index < -0.39 is 33.8 Å². The maximum Gasteiger partial charge on any atom is 0.433 e. The average Bonchev–Trinajstić information content (AvgIpc) is 2.65. The van der Waals surface area contributed by atoms with E-state index in [1.54, 1.807) is 0 Å². The van der Waals surface area contributed by atoms with Crippen LogP contribution in [0.15, 0.2) is 47.4 Å². The van der Waals surface area contributed by atoms with Crippen LogP contribution < -0.4 is 11.1 Å². The lowest BCUT2D eigenvalue weighted by Crippen LogP contribution is -2.32. The predicted molar refractivity (Wildman–Crippen MR) is 111 cm³/mol. The molecular weight excluding hydrogens is 431 g/mol. The number of pyridine rings is 1. The maximum absolute atomic E-state index is 13.0. The van der Waals surface area contributed by atoms with Gasteiger partial charge in [-0.15, -0.1) is 0 Å². The molecule has 0 saturated heterocycles. The first-order chi connectivity index (χ1) is 14.3. The second-order valence-electron chi connectivity index (χ2n) is 7.49. The van der Waals surface area contributed by atoms with Gasteiger partial charge >= 0.3 is 6.18 Å². The highest BCUT2D eigenvalue weighted by atomic mass is 32.2. The van der Waals surface area contributed by atoms with E-state index in [9.17, 15) is 26.4 Å². The van der Waals surface area contributed by atoms with Gasteiger partial charge < -0.3 is 11.1 Å². The quantitative estimate of drug-likeness (QED) is 0.492. The van der Waals surface area contributed by atoms with Gasteiger partial charge in [0.05, 0.1) is 4.90 Å². The molecule has 0 aliphatic carbocycles. The number of amides is 1. The third-order valence-corrected chi connectivity index (χ3v) is 5.41. The van der Waals surface area contributed by atoms with Crippen LogP contribution in [0.1, 0.15) is 42.5 Å². The summed E-state index contributed by atoms with van der Waals surface area (Å²) >= 11 is 0. The number of carbonyl (C=O) groups excluding carboxylic acids is 1. The van der Waals surface area contributed by atoms with Crippen molar-refractivity contribution in [3.05, 3.63) is 65.0 Å². The topological polar surface area (TPSA) is 102 Å². The highest BCUT2D eigenvalue weighted by Crippen LogP contribution is 2.29. The molecule has 0 saturated carbocycles. The van der Waals surface area contributed by atoms with Crippen molar-refractivity contribution in [2.45, 2.75) is 37.5 Å². The van der Waals surface area contributed by atoms with E-state index in [1.165, 1.54) is 42.5 Å². The fourth-order valence-corrected chi connectivity index (χ4v) is 3.37. The summed E-state index contributed by atoms with van der Waals surface area (Å²) in [6, 6.07) is 7.91. The molecular formula is C21H24F3N3O3S. The highest BCUT2D eigenvalue weighted by Gasteiger charge is 2.32. The van der Waals surface area contributed by atoms with Crippen LogP contribution in [0.3, 0.4) is 0 Å². The van der Waals surface area contributed by atoms with Crippen LogP contribution in [0.2, 0.25) is 0 Å². The fourth-order valence-electron chi connectivity index (χ4n) is 2.74. The summed E-state index contributed by atoms with van der Waals surface area (Å²) in [6.07, 6.45) is -1.50. The van der Waals surface area contributed by atoms with Gasteiger partial charge in [-0.05, 0) is 47.7 Å².